The Morgan fingerprint density at radius 3 is 2.63 bits per heavy atom. The predicted octanol–water partition coefficient (Wildman–Crippen LogP) is 3.03. The maximum atomic E-state index is 13.1. The van der Waals surface area contributed by atoms with Crippen LogP contribution in [0.2, 0.25) is 0 Å². The van der Waals surface area contributed by atoms with Crippen LogP contribution in [-0.4, -0.2) is 7.11 Å². The number of hydrogen-bond acceptors (Lipinski definition) is 4. The Kier molecular flexibility index (Phi) is 3.53. The van der Waals surface area contributed by atoms with Crippen LogP contribution in [0, 0.1) is 17.1 Å². The lowest BCUT2D eigenvalue weighted by molar-refractivity contribution is 0.413. The maximum absolute atomic E-state index is 13.1. The fourth-order valence-electron chi connectivity index (χ4n) is 1.68. The Morgan fingerprint density at radius 2 is 1.95 bits per heavy atom. The number of ether oxygens (including phenoxy) is 1. The summed E-state index contributed by atoms with van der Waals surface area (Å²) < 4.78 is 18.2. The molecule has 0 saturated heterocycles. The number of halogens is 1. The van der Waals surface area contributed by atoms with E-state index in [4.69, 9.17) is 15.7 Å². The zero-order chi connectivity index (χ0) is 13.8. The third kappa shape index (κ3) is 2.75. The number of nitrogens with zero attached hydrogens (tertiary/aromatic N) is 1. The monoisotopic (exact) mass is 257 g/mol. The molecule has 96 valence electrons. The van der Waals surface area contributed by atoms with Crippen LogP contribution in [0.5, 0.6) is 5.75 Å². The minimum absolute atomic E-state index is 0.362. The van der Waals surface area contributed by atoms with E-state index in [1.54, 1.807) is 24.3 Å². The van der Waals surface area contributed by atoms with Crippen LogP contribution in [0.4, 0.5) is 21.5 Å². The smallest absolute Gasteiger partial charge is 0.145 e. The van der Waals surface area contributed by atoms with Crippen LogP contribution in [0.25, 0.3) is 0 Å². The SMILES string of the molecule is COc1cc(F)ccc1Nc1ccc(N)cc1C#N. The van der Waals surface area contributed by atoms with Crippen molar-refractivity contribution in [1.29, 1.82) is 5.26 Å². The fraction of sp³-hybridized carbons (Fsp3) is 0.0714. The normalized spacial score (nSPS) is 9.74. The first-order valence-corrected chi connectivity index (χ1v) is 5.54. The Morgan fingerprint density at radius 1 is 1.21 bits per heavy atom. The summed E-state index contributed by atoms with van der Waals surface area (Å²) >= 11 is 0. The second-order valence-corrected chi connectivity index (χ2v) is 3.89. The van der Waals surface area contributed by atoms with Crippen LogP contribution in [0.15, 0.2) is 36.4 Å². The number of hydrogen-bond donors (Lipinski definition) is 2. The molecule has 3 N–H and O–H groups in total. The lowest BCUT2D eigenvalue weighted by Gasteiger charge is -2.12. The van der Waals surface area contributed by atoms with E-state index < -0.39 is 0 Å². The van der Waals surface area contributed by atoms with E-state index in [2.05, 4.69) is 5.32 Å². The third-order valence-electron chi connectivity index (χ3n) is 2.60. The minimum Gasteiger partial charge on any atom is -0.494 e. The molecular weight excluding hydrogens is 245 g/mol. The molecule has 0 bridgehead atoms. The van der Waals surface area contributed by atoms with Gasteiger partial charge in [-0.1, -0.05) is 0 Å². The van der Waals surface area contributed by atoms with Gasteiger partial charge in [0.2, 0.25) is 0 Å². The van der Waals surface area contributed by atoms with Crippen LogP contribution < -0.4 is 15.8 Å². The number of methoxy groups -OCH3 is 1. The van der Waals surface area contributed by atoms with Gasteiger partial charge >= 0.3 is 0 Å². The lowest BCUT2D eigenvalue weighted by Crippen LogP contribution is -1.98. The first-order chi connectivity index (χ1) is 9.13. The highest BCUT2D eigenvalue weighted by Gasteiger charge is 2.08. The molecule has 0 heterocycles. The van der Waals surface area contributed by atoms with Crippen molar-refractivity contribution in [3.63, 3.8) is 0 Å². The molecule has 0 saturated carbocycles. The van der Waals surface area contributed by atoms with Gasteiger partial charge in [-0.15, -0.1) is 0 Å². The summed E-state index contributed by atoms with van der Waals surface area (Å²) in [6.45, 7) is 0. The number of nitriles is 1. The lowest BCUT2D eigenvalue weighted by atomic mass is 10.1. The first-order valence-electron chi connectivity index (χ1n) is 5.54. The molecule has 0 aliphatic heterocycles. The molecule has 0 aliphatic rings. The summed E-state index contributed by atoms with van der Waals surface area (Å²) in [5.41, 5.74) is 7.69. The van der Waals surface area contributed by atoms with Gasteiger partial charge in [-0.25, -0.2) is 4.39 Å². The average molecular weight is 257 g/mol. The number of nitrogen functional groups attached to an aromatic ring is 1. The number of anilines is 3. The summed E-state index contributed by atoms with van der Waals surface area (Å²) in [6.07, 6.45) is 0. The Bertz CT molecular complexity index is 650. The van der Waals surface area contributed by atoms with Gasteiger partial charge in [0.05, 0.1) is 24.0 Å². The van der Waals surface area contributed by atoms with Crippen molar-refractivity contribution >= 4 is 17.1 Å². The van der Waals surface area contributed by atoms with Gasteiger partial charge in [-0.3, -0.25) is 0 Å². The van der Waals surface area contributed by atoms with E-state index in [0.717, 1.165) is 0 Å². The molecule has 0 radical (unpaired) electrons. The Labute approximate surface area is 110 Å². The maximum Gasteiger partial charge on any atom is 0.145 e. The van der Waals surface area contributed by atoms with Gasteiger partial charge in [0.25, 0.3) is 0 Å². The zero-order valence-electron chi connectivity index (χ0n) is 10.3. The van der Waals surface area contributed by atoms with Gasteiger partial charge < -0.3 is 15.8 Å². The standard InChI is InChI=1S/C14H12FN3O/c1-19-14-7-10(15)2-4-13(14)18-12-5-3-11(17)6-9(12)8-16/h2-7,18H,17H2,1H3. The summed E-state index contributed by atoms with van der Waals surface area (Å²) in [6, 6.07) is 11.1. The summed E-state index contributed by atoms with van der Waals surface area (Å²) in [7, 11) is 1.45. The molecule has 0 aromatic heterocycles. The largest absolute Gasteiger partial charge is 0.494 e. The first kappa shape index (κ1) is 12.7. The van der Waals surface area contributed by atoms with E-state index in [0.29, 0.717) is 28.4 Å². The fourth-order valence-corrected chi connectivity index (χ4v) is 1.68. The third-order valence-corrected chi connectivity index (χ3v) is 2.60. The van der Waals surface area contributed by atoms with Crippen molar-refractivity contribution in [2.24, 2.45) is 0 Å². The Hall–Kier alpha value is -2.74. The molecule has 2 rings (SSSR count). The van der Waals surface area contributed by atoms with Crippen molar-refractivity contribution in [3.8, 4) is 11.8 Å². The second-order valence-electron chi connectivity index (χ2n) is 3.89. The van der Waals surface area contributed by atoms with E-state index >= 15 is 0 Å². The quantitative estimate of drug-likeness (QED) is 0.829. The molecule has 2 aromatic rings. The highest BCUT2D eigenvalue weighted by Crippen LogP contribution is 2.30. The van der Waals surface area contributed by atoms with Crippen LogP contribution in [0.3, 0.4) is 0 Å². The number of benzene rings is 2. The van der Waals surface area contributed by atoms with Crippen molar-refractivity contribution in [1.82, 2.24) is 0 Å². The summed E-state index contributed by atoms with van der Waals surface area (Å²) in [5.74, 6) is -0.0269. The topological polar surface area (TPSA) is 71.1 Å². The molecule has 0 unspecified atom stereocenters. The highest BCUT2D eigenvalue weighted by atomic mass is 19.1. The molecule has 0 fully saturated rings. The van der Waals surface area contributed by atoms with Crippen molar-refractivity contribution in [3.05, 3.63) is 47.8 Å². The molecule has 0 atom stereocenters. The van der Waals surface area contributed by atoms with Gasteiger partial charge in [-0.2, -0.15) is 5.26 Å². The molecule has 2 aromatic carbocycles. The molecular formula is C14H12FN3O. The van der Waals surface area contributed by atoms with E-state index in [1.165, 1.54) is 19.2 Å². The van der Waals surface area contributed by atoms with E-state index in [9.17, 15) is 4.39 Å². The van der Waals surface area contributed by atoms with Gasteiger partial charge in [0, 0.05) is 11.8 Å². The van der Waals surface area contributed by atoms with E-state index in [-0.39, 0.29) is 5.82 Å². The molecule has 0 aliphatic carbocycles. The van der Waals surface area contributed by atoms with Gasteiger partial charge in [-0.05, 0) is 30.3 Å². The summed E-state index contributed by atoms with van der Waals surface area (Å²) in [4.78, 5) is 0. The van der Waals surface area contributed by atoms with Crippen molar-refractivity contribution in [2.75, 3.05) is 18.2 Å². The highest BCUT2D eigenvalue weighted by molar-refractivity contribution is 5.72. The average Bonchev–Trinajstić information content (AvgIpc) is 2.42. The minimum atomic E-state index is -0.389. The molecule has 4 nitrogen and oxygen atoms in total. The van der Waals surface area contributed by atoms with Crippen LogP contribution in [0.1, 0.15) is 5.56 Å². The predicted molar refractivity (Wildman–Crippen MR) is 71.8 cm³/mol. The van der Waals surface area contributed by atoms with E-state index in [1.807, 2.05) is 6.07 Å². The van der Waals surface area contributed by atoms with Gasteiger partial charge in [0.15, 0.2) is 0 Å². The zero-order valence-corrected chi connectivity index (χ0v) is 10.3. The number of nitrogens with one attached hydrogen (secondary N) is 1. The number of rotatable bonds is 3. The Balaban J connectivity index is 2.39. The van der Waals surface area contributed by atoms with Crippen LogP contribution in [-0.2, 0) is 0 Å². The summed E-state index contributed by atoms with van der Waals surface area (Å²) in [5, 5.41) is 12.1. The van der Waals surface area contributed by atoms with Crippen molar-refractivity contribution < 1.29 is 9.13 Å². The number of nitrogens with two attached hydrogens (primary N) is 1. The molecule has 0 amide bonds. The molecule has 19 heavy (non-hydrogen) atoms. The van der Waals surface area contributed by atoms with Gasteiger partial charge in [0.1, 0.15) is 17.6 Å². The van der Waals surface area contributed by atoms with Crippen molar-refractivity contribution in [2.45, 2.75) is 0 Å². The molecule has 5 heteroatoms. The molecule has 0 spiro atoms. The van der Waals surface area contributed by atoms with Crippen LogP contribution >= 0.6 is 0 Å². The second kappa shape index (κ2) is 5.27.